The van der Waals surface area contributed by atoms with Gasteiger partial charge in [0.05, 0.1) is 6.54 Å². The Morgan fingerprint density at radius 1 is 1.24 bits per heavy atom. The second-order valence-corrected chi connectivity index (χ2v) is 6.27. The normalized spacial score (nSPS) is 10.6. The first-order chi connectivity index (χ1) is 12.1. The highest BCUT2D eigenvalue weighted by molar-refractivity contribution is 5.76. The Hall–Kier alpha value is -2.36. The zero-order valence-corrected chi connectivity index (χ0v) is 15.0. The highest BCUT2D eigenvalue weighted by Gasteiger charge is 2.14. The summed E-state index contributed by atoms with van der Waals surface area (Å²) >= 11 is 0. The molecule has 0 aliphatic rings. The van der Waals surface area contributed by atoms with E-state index in [9.17, 15) is 9.18 Å². The number of rotatable bonds is 10. The molecule has 1 aromatic carbocycles. The van der Waals surface area contributed by atoms with Gasteiger partial charge in [-0.2, -0.15) is 0 Å². The summed E-state index contributed by atoms with van der Waals surface area (Å²) in [4.78, 5) is 14.3. The number of carbonyl (C=O) groups excluding carboxylic acids is 1. The van der Waals surface area contributed by atoms with Crippen LogP contribution in [0.2, 0.25) is 0 Å². The highest BCUT2D eigenvalue weighted by atomic mass is 19.1. The third-order valence-corrected chi connectivity index (χ3v) is 4.24. The molecule has 0 unspecified atom stereocenters. The van der Waals surface area contributed by atoms with Crippen molar-refractivity contribution in [2.24, 2.45) is 0 Å². The molecule has 0 saturated carbocycles. The lowest BCUT2D eigenvalue weighted by Gasteiger charge is -2.22. The van der Waals surface area contributed by atoms with Crippen molar-refractivity contribution in [1.29, 1.82) is 0 Å². The molecule has 0 radical (unpaired) electrons. The molecule has 0 atom stereocenters. The average Bonchev–Trinajstić information content (AvgIpc) is 3.03. The number of carbonyl (C=O) groups is 1. The largest absolute Gasteiger partial charge is 0.345 e. The summed E-state index contributed by atoms with van der Waals surface area (Å²) in [6.45, 7) is 7.67. The summed E-state index contributed by atoms with van der Waals surface area (Å²) in [6.07, 6.45) is 7.46. The van der Waals surface area contributed by atoms with Crippen LogP contribution in [-0.4, -0.2) is 21.9 Å². The number of nitrogens with zero attached hydrogens (tertiary/aromatic N) is 2. The van der Waals surface area contributed by atoms with Crippen molar-refractivity contribution in [1.82, 2.24) is 9.47 Å². The van der Waals surface area contributed by atoms with Crippen molar-refractivity contribution in [2.45, 2.75) is 45.7 Å². The molecular formula is C21H27FN2O. The van der Waals surface area contributed by atoms with Gasteiger partial charge in [-0.05, 0) is 36.2 Å². The Balaban J connectivity index is 2.04. The SMILES string of the molecule is C=CCN(Cc1cccn1Cc1ccc(F)cc1)C(=O)CCCCC. The standard InChI is InChI=1S/C21H27FN2O/c1-3-5-6-9-21(25)24(14-4-2)17-20-8-7-15-23(20)16-18-10-12-19(22)13-11-18/h4,7-8,10-13,15H,2-3,5-6,9,14,16-17H2,1H3. The van der Waals surface area contributed by atoms with Gasteiger partial charge in [-0.15, -0.1) is 6.58 Å². The maximum atomic E-state index is 13.1. The lowest BCUT2D eigenvalue weighted by atomic mass is 10.2. The van der Waals surface area contributed by atoms with E-state index in [1.54, 1.807) is 18.2 Å². The molecule has 1 aromatic heterocycles. The summed E-state index contributed by atoms with van der Waals surface area (Å²) in [6, 6.07) is 10.5. The van der Waals surface area contributed by atoms with Gasteiger partial charge in [-0.1, -0.05) is 38.0 Å². The maximum Gasteiger partial charge on any atom is 0.223 e. The molecule has 2 rings (SSSR count). The Morgan fingerprint density at radius 2 is 2.00 bits per heavy atom. The third-order valence-electron chi connectivity index (χ3n) is 4.24. The van der Waals surface area contributed by atoms with Crippen molar-refractivity contribution >= 4 is 5.91 Å². The fourth-order valence-electron chi connectivity index (χ4n) is 2.82. The molecule has 1 heterocycles. The van der Waals surface area contributed by atoms with Crippen LogP contribution in [0.3, 0.4) is 0 Å². The van der Waals surface area contributed by atoms with Crippen LogP contribution in [0, 0.1) is 5.82 Å². The second kappa shape index (κ2) is 9.82. The Bertz CT molecular complexity index is 675. The van der Waals surface area contributed by atoms with Crippen LogP contribution in [-0.2, 0) is 17.9 Å². The first kappa shape index (κ1) is 19.0. The molecular weight excluding hydrogens is 315 g/mol. The fourth-order valence-corrected chi connectivity index (χ4v) is 2.82. The molecule has 4 heteroatoms. The molecule has 0 N–H and O–H groups in total. The number of halogens is 1. The molecule has 0 fully saturated rings. The Labute approximate surface area is 149 Å². The van der Waals surface area contributed by atoms with E-state index in [1.807, 2.05) is 23.2 Å². The van der Waals surface area contributed by atoms with Gasteiger partial charge >= 0.3 is 0 Å². The van der Waals surface area contributed by atoms with Gasteiger partial charge in [-0.25, -0.2) is 4.39 Å². The van der Waals surface area contributed by atoms with Crippen LogP contribution < -0.4 is 0 Å². The van der Waals surface area contributed by atoms with Crippen LogP contribution in [0.15, 0.2) is 55.3 Å². The van der Waals surface area contributed by atoms with Crippen molar-refractivity contribution in [3.8, 4) is 0 Å². The topological polar surface area (TPSA) is 25.2 Å². The second-order valence-electron chi connectivity index (χ2n) is 6.27. The summed E-state index contributed by atoms with van der Waals surface area (Å²) < 4.78 is 15.2. The first-order valence-corrected chi connectivity index (χ1v) is 8.91. The summed E-state index contributed by atoms with van der Waals surface area (Å²) in [5.74, 6) is -0.0609. The van der Waals surface area contributed by atoms with E-state index in [2.05, 4.69) is 18.1 Å². The zero-order valence-electron chi connectivity index (χ0n) is 15.0. The summed E-state index contributed by atoms with van der Waals surface area (Å²) in [7, 11) is 0. The summed E-state index contributed by atoms with van der Waals surface area (Å²) in [5, 5.41) is 0. The molecule has 0 aliphatic carbocycles. The monoisotopic (exact) mass is 342 g/mol. The average molecular weight is 342 g/mol. The number of benzene rings is 1. The smallest absolute Gasteiger partial charge is 0.223 e. The highest BCUT2D eigenvalue weighted by Crippen LogP contribution is 2.13. The van der Waals surface area contributed by atoms with E-state index in [4.69, 9.17) is 0 Å². The number of unbranched alkanes of at least 4 members (excludes halogenated alkanes) is 2. The van der Waals surface area contributed by atoms with Crippen molar-refractivity contribution < 1.29 is 9.18 Å². The molecule has 0 saturated heterocycles. The Kier molecular flexibility index (Phi) is 7.45. The molecule has 3 nitrogen and oxygen atoms in total. The van der Waals surface area contributed by atoms with Crippen LogP contribution in [0.5, 0.6) is 0 Å². The van der Waals surface area contributed by atoms with E-state index < -0.39 is 0 Å². The Morgan fingerprint density at radius 3 is 2.68 bits per heavy atom. The van der Waals surface area contributed by atoms with Gasteiger partial charge in [0.25, 0.3) is 0 Å². The maximum absolute atomic E-state index is 13.1. The van der Waals surface area contributed by atoms with Crippen LogP contribution in [0.1, 0.15) is 43.9 Å². The summed E-state index contributed by atoms with van der Waals surface area (Å²) in [5.41, 5.74) is 2.10. The van der Waals surface area contributed by atoms with E-state index >= 15 is 0 Å². The predicted molar refractivity (Wildman–Crippen MR) is 99.7 cm³/mol. The van der Waals surface area contributed by atoms with Crippen molar-refractivity contribution in [2.75, 3.05) is 6.54 Å². The lowest BCUT2D eigenvalue weighted by molar-refractivity contribution is -0.131. The molecule has 0 spiro atoms. The third kappa shape index (κ3) is 5.89. The van der Waals surface area contributed by atoms with Gasteiger partial charge in [0.2, 0.25) is 5.91 Å². The van der Waals surface area contributed by atoms with E-state index in [1.165, 1.54) is 12.1 Å². The molecule has 0 bridgehead atoms. The lowest BCUT2D eigenvalue weighted by Crippen LogP contribution is -2.31. The fraction of sp³-hybridized carbons (Fsp3) is 0.381. The van der Waals surface area contributed by atoms with Gasteiger partial charge in [0.15, 0.2) is 0 Å². The van der Waals surface area contributed by atoms with Crippen LogP contribution in [0.25, 0.3) is 0 Å². The molecule has 134 valence electrons. The molecule has 0 aliphatic heterocycles. The number of hydrogen-bond donors (Lipinski definition) is 0. The number of hydrogen-bond acceptors (Lipinski definition) is 1. The van der Waals surface area contributed by atoms with Gasteiger partial charge < -0.3 is 9.47 Å². The minimum Gasteiger partial charge on any atom is -0.345 e. The number of amides is 1. The van der Waals surface area contributed by atoms with Crippen LogP contribution >= 0.6 is 0 Å². The van der Waals surface area contributed by atoms with Crippen LogP contribution in [0.4, 0.5) is 4.39 Å². The van der Waals surface area contributed by atoms with Gasteiger partial charge in [0, 0.05) is 31.4 Å². The molecule has 2 aromatic rings. The van der Waals surface area contributed by atoms with Gasteiger partial charge in [-0.3, -0.25) is 4.79 Å². The van der Waals surface area contributed by atoms with E-state index in [-0.39, 0.29) is 11.7 Å². The first-order valence-electron chi connectivity index (χ1n) is 8.91. The van der Waals surface area contributed by atoms with Gasteiger partial charge in [0.1, 0.15) is 5.82 Å². The molecule has 1 amide bonds. The zero-order chi connectivity index (χ0) is 18.1. The van der Waals surface area contributed by atoms with Crippen molar-refractivity contribution in [3.63, 3.8) is 0 Å². The minimum atomic E-state index is -0.230. The molecule has 25 heavy (non-hydrogen) atoms. The van der Waals surface area contributed by atoms with E-state index in [0.29, 0.717) is 26.1 Å². The quantitative estimate of drug-likeness (QED) is 0.451. The van der Waals surface area contributed by atoms with E-state index in [0.717, 1.165) is 30.5 Å². The predicted octanol–water partition coefficient (Wildman–Crippen LogP) is 4.77. The van der Waals surface area contributed by atoms with Crippen molar-refractivity contribution in [3.05, 3.63) is 72.3 Å². The number of aromatic nitrogens is 1. The minimum absolute atomic E-state index is 0.169.